The van der Waals surface area contributed by atoms with E-state index in [-0.39, 0.29) is 17.7 Å². The molecule has 0 aliphatic carbocycles. The van der Waals surface area contributed by atoms with Gasteiger partial charge in [-0.1, -0.05) is 6.92 Å². The Bertz CT molecular complexity index is 789. The molecule has 1 aliphatic heterocycles. The summed E-state index contributed by atoms with van der Waals surface area (Å²) < 4.78 is 63.6. The van der Waals surface area contributed by atoms with Crippen LogP contribution < -0.4 is 0 Å². The predicted molar refractivity (Wildman–Crippen MR) is 81.3 cm³/mol. The molecule has 2 unspecified atom stereocenters. The standard InChI is InChI=1S/C16H15F4NO5/c1-4-25-14(22)13-12(8(2)15(3,26-13)16(18,19)20)10-6-5-9(17)7-11(10)21(23)24/h5-8H,4H2,1-3H3. The number of nitro groups is 1. The first-order valence-electron chi connectivity index (χ1n) is 7.55. The van der Waals surface area contributed by atoms with Gasteiger partial charge in [0.15, 0.2) is 0 Å². The number of benzene rings is 1. The molecule has 1 aromatic rings. The Morgan fingerprint density at radius 3 is 2.54 bits per heavy atom. The van der Waals surface area contributed by atoms with Crippen LogP contribution in [0.5, 0.6) is 0 Å². The summed E-state index contributed by atoms with van der Waals surface area (Å²) in [5.74, 6) is -4.37. The lowest BCUT2D eigenvalue weighted by Crippen LogP contribution is -2.47. The summed E-state index contributed by atoms with van der Waals surface area (Å²) in [4.78, 5) is 22.4. The normalized spacial score (nSPS) is 23.0. The van der Waals surface area contributed by atoms with Gasteiger partial charge in [0, 0.05) is 11.5 Å². The first-order valence-corrected chi connectivity index (χ1v) is 7.55. The molecule has 142 valence electrons. The van der Waals surface area contributed by atoms with E-state index in [2.05, 4.69) is 0 Å². The van der Waals surface area contributed by atoms with Crippen LogP contribution >= 0.6 is 0 Å². The minimum Gasteiger partial charge on any atom is -0.470 e. The maximum atomic E-state index is 13.5. The van der Waals surface area contributed by atoms with Crippen molar-refractivity contribution in [2.45, 2.75) is 32.5 Å². The molecule has 0 N–H and O–H groups in total. The van der Waals surface area contributed by atoms with E-state index in [4.69, 9.17) is 9.47 Å². The number of esters is 1. The lowest BCUT2D eigenvalue weighted by molar-refractivity contribution is -0.385. The monoisotopic (exact) mass is 377 g/mol. The Labute approximate surface area is 145 Å². The van der Waals surface area contributed by atoms with Crippen molar-refractivity contribution in [1.29, 1.82) is 0 Å². The Morgan fingerprint density at radius 2 is 2.04 bits per heavy atom. The topological polar surface area (TPSA) is 78.7 Å². The molecule has 0 bridgehead atoms. The molecule has 2 atom stereocenters. The highest BCUT2D eigenvalue weighted by atomic mass is 19.4. The minimum atomic E-state index is -4.87. The van der Waals surface area contributed by atoms with E-state index in [9.17, 15) is 32.5 Å². The van der Waals surface area contributed by atoms with Crippen LogP contribution in [0.25, 0.3) is 5.57 Å². The summed E-state index contributed by atoms with van der Waals surface area (Å²) in [6, 6.07) is 2.37. The van der Waals surface area contributed by atoms with E-state index in [0.717, 1.165) is 26.0 Å². The van der Waals surface area contributed by atoms with E-state index in [1.165, 1.54) is 6.92 Å². The maximum Gasteiger partial charge on any atom is 0.428 e. The number of ether oxygens (including phenoxy) is 2. The van der Waals surface area contributed by atoms with Crippen LogP contribution in [0.4, 0.5) is 23.2 Å². The number of hydrogen-bond donors (Lipinski definition) is 0. The van der Waals surface area contributed by atoms with Crippen molar-refractivity contribution < 1.29 is 36.8 Å². The highest BCUT2D eigenvalue weighted by Gasteiger charge is 2.63. The molecule has 1 heterocycles. The van der Waals surface area contributed by atoms with Gasteiger partial charge >= 0.3 is 12.1 Å². The fourth-order valence-electron chi connectivity index (χ4n) is 2.72. The molecule has 0 amide bonds. The van der Waals surface area contributed by atoms with E-state index in [1.54, 1.807) is 0 Å². The largest absolute Gasteiger partial charge is 0.470 e. The molecule has 6 nitrogen and oxygen atoms in total. The minimum absolute atomic E-state index is 0.137. The third kappa shape index (κ3) is 3.11. The second-order valence-electron chi connectivity index (χ2n) is 5.81. The number of halogens is 4. The summed E-state index contributed by atoms with van der Waals surface area (Å²) in [6.45, 7) is 3.17. The van der Waals surface area contributed by atoms with Crippen molar-refractivity contribution in [3.05, 3.63) is 45.5 Å². The van der Waals surface area contributed by atoms with Gasteiger partial charge in [-0.2, -0.15) is 13.2 Å². The number of nitro benzene ring substituents is 1. The molecule has 0 saturated carbocycles. The predicted octanol–water partition coefficient (Wildman–Crippen LogP) is 4.00. The highest BCUT2D eigenvalue weighted by Crippen LogP contribution is 2.53. The molecule has 1 aliphatic rings. The smallest absolute Gasteiger partial charge is 0.428 e. The van der Waals surface area contributed by atoms with Gasteiger partial charge in [0.1, 0.15) is 5.82 Å². The second-order valence-corrected chi connectivity index (χ2v) is 5.81. The first kappa shape index (κ1) is 19.7. The first-order chi connectivity index (χ1) is 11.9. The fourth-order valence-corrected chi connectivity index (χ4v) is 2.72. The van der Waals surface area contributed by atoms with Gasteiger partial charge in [-0.25, -0.2) is 9.18 Å². The van der Waals surface area contributed by atoms with Gasteiger partial charge in [0.2, 0.25) is 11.4 Å². The maximum absolute atomic E-state index is 13.5. The molecular formula is C16H15F4NO5. The van der Waals surface area contributed by atoms with Gasteiger partial charge in [-0.05, 0) is 26.0 Å². The van der Waals surface area contributed by atoms with Crippen LogP contribution in [-0.2, 0) is 14.3 Å². The lowest BCUT2D eigenvalue weighted by Gasteiger charge is -2.32. The number of carbonyl (C=O) groups excluding carboxylic acids is 1. The van der Waals surface area contributed by atoms with Crippen LogP contribution in [0.1, 0.15) is 26.3 Å². The molecule has 0 radical (unpaired) electrons. The van der Waals surface area contributed by atoms with Crippen LogP contribution in [0.2, 0.25) is 0 Å². The highest BCUT2D eigenvalue weighted by molar-refractivity contribution is 5.98. The molecular weight excluding hydrogens is 362 g/mol. The number of rotatable bonds is 4. The van der Waals surface area contributed by atoms with Crippen molar-refractivity contribution in [3.8, 4) is 0 Å². The summed E-state index contributed by atoms with van der Waals surface area (Å²) in [5.41, 5.74) is -4.26. The third-order valence-electron chi connectivity index (χ3n) is 4.29. The molecule has 0 saturated heterocycles. The summed E-state index contributed by atoms with van der Waals surface area (Å²) in [5, 5.41) is 11.2. The quantitative estimate of drug-likeness (QED) is 0.343. The van der Waals surface area contributed by atoms with Crippen LogP contribution in [-0.4, -0.2) is 29.3 Å². The zero-order chi connectivity index (χ0) is 19.9. The van der Waals surface area contributed by atoms with Gasteiger partial charge in [0.25, 0.3) is 5.69 Å². The third-order valence-corrected chi connectivity index (χ3v) is 4.29. The van der Waals surface area contributed by atoms with E-state index in [0.29, 0.717) is 6.07 Å². The average Bonchev–Trinajstić information content (AvgIpc) is 2.80. The van der Waals surface area contributed by atoms with E-state index < -0.39 is 45.9 Å². The average molecular weight is 377 g/mol. The SMILES string of the molecule is CCOC(=O)C1=C(c2ccc(F)cc2[N+](=O)[O-])C(C)C(C)(C(F)(F)F)O1. The Morgan fingerprint density at radius 1 is 1.42 bits per heavy atom. The molecule has 1 aromatic carbocycles. The Hall–Kier alpha value is -2.65. The van der Waals surface area contributed by atoms with Crippen LogP contribution in [0.3, 0.4) is 0 Å². The number of carbonyl (C=O) groups is 1. The summed E-state index contributed by atoms with van der Waals surface area (Å²) >= 11 is 0. The number of hydrogen-bond acceptors (Lipinski definition) is 5. The molecule has 0 spiro atoms. The zero-order valence-corrected chi connectivity index (χ0v) is 14.0. The fraction of sp³-hybridized carbons (Fsp3) is 0.438. The van der Waals surface area contributed by atoms with Crippen LogP contribution in [0.15, 0.2) is 24.0 Å². The van der Waals surface area contributed by atoms with Gasteiger partial charge in [-0.3, -0.25) is 10.1 Å². The van der Waals surface area contributed by atoms with E-state index >= 15 is 0 Å². The molecule has 26 heavy (non-hydrogen) atoms. The van der Waals surface area contributed by atoms with Crippen molar-refractivity contribution in [3.63, 3.8) is 0 Å². The van der Waals surface area contributed by atoms with Gasteiger partial charge in [-0.15, -0.1) is 0 Å². The summed E-state index contributed by atoms with van der Waals surface area (Å²) in [7, 11) is 0. The number of alkyl halides is 3. The van der Waals surface area contributed by atoms with Crippen LogP contribution in [0, 0.1) is 21.8 Å². The molecule has 0 fully saturated rings. The van der Waals surface area contributed by atoms with Gasteiger partial charge in [0.05, 0.1) is 23.2 Å². The number of nitrogens with zero attached hydrogens (tertiary/aromatic N) is 1. The Kier molecular flexibility index (Phi) is 4.98. The molecule has 2 rings (SSSR count). The lowest BCUT2D eigenvalue weighted by atomic mass is 9.82. The molecule has 10 heteroatoms. The zero-order valence-electron chi connectivity index (χ0n) is 14.0. The molecule has 0 aromatic heterocycles. The van der Waals surface area contributed by atoms with Crippen molar-refractivity contribution in [1.82, 2.24) is 0 Å². The summed E-state index contributed by atoms with van der Waals surface area (Å²) in [6.07, 6.45) is -4.87. The van der Waals surface area contributed by atoms with Crippen molar-refractivity contribution >= 4 is 17.2 Å². The Balaban J connectivity index is 2.73. The van der Waals surface area contributed by atoms with Crippen molar-refractivity contribution in [2.75, 3.05) is 6.61 Å². The van der Waals surface area contributed by atoms with Gasteiger partial charge < -0.3 is 9.47 Å². The van der Waals surface area contributed by atoms with Crippen molar-refractivity contribution in [2.24, 2.45) is 5.92 Å². The van der Waals surface area contributed by atoms with E-state index in [1.807, 2.05) is 0 Å². The second kappa shape index (κ2) is 6.58.